The van der Waals surface area contributed by atoms with Crippen LogP contribution in [0.15, 0.2) is 0 Å². The molecule has 1 fully saturated rings. The normalized spacial score (nSPS) is 20.7. The quantitative estimate of drug-likeness (QED) is 0.616. The van der Waals surface area contributed by atoms with E-state index in [1.165, 1.54) is 0 Å². The zero-order chi connectivity index (χ0) is 12.2. The lowest BCUT2D eigenvalue weighted by molar-refractivity contribution is -0.126. The van der Waals surface area contributed by atoms with Gasteiger partial charge in [-0.15, -0.1) is 0 Å². The van der Waals surface area contributed by atoms with Gasteiger partial charge in [-0.05, 0) is 19.3 Å². The molecule has 0 aliphatic carbocycles. The van der Waals surface area contributed by atoms with Crippen molar-refractivity contribution < 1.29 is 14.7 Å². The highest BCUT2D eigenvalue weighted by atomic mass is 16.3. The average Bonchev–Trinajstić information content (AvgIpc) is 2.72. The average molecular weight is 228 g/mol. The molecular weight excluding hydrogens is 208 g/mol. The maximum Gasteiger partial charge on any atom is 0.242 e. The molecule has 0 radical (unpaired) electrons. The lowest BCUT2D eigenvalue weighted by Gasteiger charge is -2.26. The predicted molar refractivity (Wildman–Crippen MR) is 59.7 cm³/mol. The first kappa shape index (κ1) is 13.0. The van der Waals surface area contributed by atoms with Crippen molar-refractivity contribution in [1.29, 1.82) is 0 Å². The Balaban J connectivity index is 2.37. The van der Waals surface area contributed by atoms with E-state index in [1.54, 1.807) is 0 Å². The molecule has 1 aliphatic heterocycles. The van der Waals surface area contributed by atoms with Crippen molar-refractivity contribution >= 4 is 11.8 Å². The van der Waals surface area contributed by atoms with Crippen molar-refractivity contribution in [2.75, 3.05) is 6.54 Å². The van der Waals surface area contributed by atoms with Gasteiger partial charge in [-0.3, -0.25) is 9.59 Å². The van der Waals surface area contributed by atoms with Crippen LogP contribution in [0.5, 0.6) is 0 Å². The highest BCUT2D eigenvalue weighted by Crippen LogP contribution is 2.13. The van der Waals surface area contributed by atoms with Gasteiger partial charge in [0.2, 0.25) is 11.8 Å². The molecule has 0 aromatic rings. The first-order valence-electron chi connectivity index (χ1n) is 5.80. The molecule has 1 aliphatic rings. The molecule has 1 heterocycles. The van der Waals surface area contributed by atoms with Crippen molar-refractivity contribution in [3.05, 3.63) is 0 Å². The van der Waals surface area contributed by atoms with Gasteiger partial charge in [0.15, 0.2) is 0 Å². The summed E-state index contributed by atoms with van der Waals surface area (Å²) in [6, 6.07) is -0.425. The van der Waals surface area contributed by atoms with E-state index < -0.39 is 11.6 Å². The summed E-state index contributed by atoms with van der Waals surface area (Å²) in [7, 11) is 0. The van der Waals surface area contributed by atoms with E-state index in [0.29, 0.717) is 25.7 Å². The smallest absolute Gasteiger partial charge is 0.242 e. The van der Waals surface area contributed by atoms with Crippen molar-refractivity contribution in [3.63, 3.8) is 0 Å². The zero-order valence-corrected chi connectivity index (χ0v) is 9.88. The van der Waals surface area contributed by atoms with Gasteiger partial charge in [0, 0.05) is 13.0 Å². The number of aliphatic hydroxyl groups is 1. The standard InChI is InChI=1S/C11H20N2O3/c1-3-11(16,4-2)7-12-10(15)8-5-6-9(14)13-8/h8,16H,3-7H2,1-2H3,(H,12,15)(H,13,14)/t8-/m1/s1. The molecule has 1 rings (SSSR count). The molecule has 2 amide bonds. The number of carbonyl (C=O) groups excluding carboxylic acids is 2. The Morgan fingerprint density at radius 2 is 2.19 bits per heavy atom. The SMILES string of the molecule is CCC(O)(CC)CNC(=O)[C@H]1CCC(=O)N1. The van der Waals surface area contributed by atoms with Gasteiger partial charge in [-0.25, -0.2) is 0 Å². The Morgan fingerprint density at radius 1 is 1.56 bits per heavy atom. The third-order valence-electron chi connectivity index (χ3n) is 3.22. The molecule has 0 saturated carbocycles. The minimum atomic E-state index is -0.835. The summed E-state index contributed by atoms with van der Waals surface area (Å²) in [6.45, 7) is 4.01. The largest absolute Gasteiger partial charge is 0.388 e. The second kappa shape index (κ2) is 5.30. The van der Waals surface area contributed by atoms with Crippen LogP contribution in [0, 0.1) is 0 Å². The van der Waals surface area contributed by atoms with Crippen LogP contribution in [0.4, 0.5) is 0 Å². The molecule has 3 N–H and O–H groups in total. The Kier molecular flexibility index (Phi) is 4.29. The third-order valence-corrected chi connectivity index (χ3v) is 3.22. The Morgan fingerprint density at radius 3 is 2.62 bits per heavy atom. The van der Waals surface area contributed by atoms with Crippen molar-refractivity contribution in [2.45, 2.75) is 51.2 Å². The van der Waals surface area contributed by atoms with Crippen molar-refractivity contribution in [3.8, 4) is 0 Å². The summed E-state index contributed by atoms with van der Waals surface area (Å²) >= 11 is 0. The van der Waals surface area contributed by atoms with E-state index in [0.717, 1.165) is 0 Å². The Bertz CT molecular complexity index is 274. The first-order valence-corrected chi connectivity index (χ1v) is 5.80. The van der Waals surface area contributed by atoms with Crippen molar-refractivity contribution in [2.24, 2.45) is 0 Å². The third kappa shape index (κ3) is 3.20. The van der Waals surface area contributed by atoms with Crippen LogP contribution < -0.4 is 10.6 Å². The monoisotopic (exact) mass is 228 g/mol. The van der Waals surface area contributed by atoms with E-state index in [2.05, 4.69) is 10.6 Å². The molecule has 5 nitrogen and oxygen atoms in total. The lowest BCUT2D eigenvalue weighted by Crippen LogP contribution is -2.48. The van der Waals surface area contributed by atoms with E-state index in [4.69, 9.17) is 0 Å². The van der Waals surface area contributed by atoms with E-state index in [9.17, 15) is 14.7 Å². The van der Waals surface area contributed by atoms with Crippen LogP contribution in [-0.2, 0) is 9.59 Å². The van der Waals surface area contributed by atoms with Crippen molar-refractivity contribution in [1.82, 2.24) is 10.6 Å². The van der Waals surface area contributed by atoms with Gasteiger partial charge in [0.25, 0.3) is 0 Å². The number of hydrogen-bond donors (Lipinski definition) is 3. The minimum Gasteiger partial charge on any atom is -0.388 e. The van der Waals surface area contributed by atoms with Crippen LogP contribution in [0.25, 0.3) is 0 Å². The van der Waals surface area contributed by atoms with Crippen LogP contribution in [0.1, 0.15) is 39.5 Å². The fourth-order valence-electron chi connectivity index (χ4n) is 1.69. The fraction of sp³-hybridized carbons (Fsp3) is 0.818. The van der Waals surface area contributed by atoms with Gasteiger partial charge < -0.3 is 15.7 Å². The lowest BCUT2D eigenvalue weighted by atomic mass is 9.97. The summed E-state index contributed by atoms with van der Waals surface area (Å²) < 4.78 is 0. The number of rotatable bonds is 5. The Hall–Kier alpha value is -1.10. The molecule has 0 spiro atoms. The summed E-state index contributed by atoms with van der Waals surface area (Å²) in [5.74, 6) is -0.285. The summed E-state index contributed by atoms with van der Waals surface area (Å²) in [6.07, 6.45) is 2.15. The van der Waals surface area contributed by atoms with Crippen LogP contribution >= 0.6 is 0 Å². The summed E-state index contributed by atoms with van der Waals surface area (Å²) in [4.78, 5) is 22.6. The summed E-state index contributed by atoms with van der Waals surface area (Å²) in [5, 5.41) is 15.2. The zero-order valence-electron chi connectivity index (χ0n) is 9.88. The fourth-order valence-corrected chi connectivity index (χ4v) is 1.69. The molecule has 16 heavy (non-hydrogen) atoms. The number of hydrogen-bond acceptors (Lipinski definition) is 3. The van der Waals surface area contributed by atoms with Gasteiger partial charge in [-0.2, -0.15) is 0 Å². The van der Waals surface area contributed by atoms with Crippen LogP contribution in [0.2, 0.25) is 0 Å². The second-order valence-corrected chi connectivity index (χ2v) is 4.31. The number of nitrogens with one attached hydrogen (secondary N) is 2. The first-order chi connectivity index (χ1) is 7.50. The molecule has 0 aromatic carbocycles. The number of amides is 2. The van der Waals surface area contributed by atoms with Crippen LogP contribution in [-0.4, -0.2) is 35.1 Å². The van der Waals surface area contributed by atoms with E-state index in [1.807, 2.05) is 13.8 Å². The molecule has 5 heteroatoms. The second-order valence-electron chi connectivity index (χ2n) is 4.31. The molecule has 0 unspecified atom stereocenters. The maximum absolute atomic E-state index is 11.6. The summed E-state index contributed by atoms with van der Waals surface area (Å²) in [5.41, 5.74) is -0.835. The minimum absolute atomic E-state index is 0.0820. The Labute approximate surface area is 95.6 Å². The van der Waals surface area contributed by atoms with E-state index in [-0.39, 0.29) is 18.4 Å². The highest BCUT2D eigenvalue weighted by molar-refractivity contribution is 5.90. The molecule has 0 aromatic heterocycles. The predicted octanol–water partition coefficient (Wildman–Crippen LogP) is -0.0677. The van der Waals surface area contributed by atoms with Gasteiger partial charge in [0.05, 0.1) is 5.60 Å². The number of carbonyl (C=O) groups is 2. The van der Waals surface area contributed by atoms with E-state index >= 15 is 0 Å². The molecule has 0 bridgehead atoms. The molecular formula is C11H20N2O3. The topological polar surface area (TPSA) is 78.4 Å². The van der Waals surface area contributed by atoms with Gasteiger partial charge in [-0.1, -0.05) is 13.8 Å². The maximum atomic E-state index is 11.6. The molecule has 1 saturated heterocycles. The van der Waals surface area contributed by atoms with Crippen LogP contribution in [0.3, 0.4) is 0 Å². The van der Waals surface area contributed by atoms with Gasteiger partial charge in [0.1, 0.15) is 6.04 Å². The molecule has 92 valence electrons. The molecule has 1 atom stereocenters. The van der Waals surface area contributed by atoms with Gasteiger partial charge >= 0.3 is 0 Å². The highest BCUT2D eigenvalue weighted by Gasteiger charge is 2.29.